The second-order valence-electron chi connectivity index (χ2n) is 9.66. The van der Waals surface area contributed by atoms with Crippen molar-refractivity contribution in [3.8, 4) is 6.07 Å². The summed E-state index contributed by atoms with van der Waals surface area (Å²) < 4.78 is 80.1. The third-order valence-corrected chi connectivity index (χ3v) is 10.1. The van der Waals surface area contributed by atoms with Gasteiger partial charge in [0.05, 0.1) is 41.1 Å². The molecule has 3 aliphatic rings. The Kier molecular flexibility index (Phi) is 6.71. The van der Waals surface area contributed by atoms with Crippen LogP contribution in [-0.4, -0.2) is 70.2 Å². The van der Waals surface area contributed by atoms with Crippen LogP contribution in [0.4, 0.5) is 18.9 Å². The van der Waals surface area contributed by atoms with Gasteiger partial charge in [-0.15, -0.1) is 0 Å². The first-order chi connectivity index (χ1) is 17.3. The first-order valence-corrected chi connectivity index (χ1v) is 13.1. The quantitative estimate of drug-likeness (QED) is 0.518. The van der Waals surface area contributed by atoms with E-state index in [-0.39, 0.29) is 12.1 Å². The molecular weight excluding hydrogens is 519 g/mol. The van der Waals surface area contributed by atoms with Gasteiger partial charge >= 0.3 is 12.1 Å². The Labute approximate surface area is 211 Å². The van der Waals surface area contributed by atoms with Crippen LogP contribution in [0.3, 0.4) is 0 Å². The monoisotopic (exact) mass is 545 g/mol. The molecule has 0 aromatic heterocycles. The predicted octanol–water partition coefficient (Wildman–Crippen LogP) is 1.58. The Balaban J connectivity index is 1.75. The molecular formula is C23H26F3N3O7S. The van der Waals surface area contributed by atoms with Gasteiger partial charge in [0.1, 0.15) is 10.8 Å². The first-order valence-electron chi connectivity index (χ1n) is 11.5. The van der Waals surface area contributed by atoms with E-state index in [1.54, 1.807) is 11.0 Å². The number of sulfone groups is 1. The molecule has 2 aliphatic carbocycles. The number of hydrogen-bond acceptors (Lipinski definition) is 8. The largest absolute Gasteiger partial charge is 0.481 e. The number of primary amides is 1. The molecule has 5 atom stereocenters. The molecule has 0 spiro atoms. The number of hydrogen-bond donors (Lipinski definition) is 2. The van der Waals surface area contributed by atoms with Crippen molar-refractivity contribution >= 4 is 27.4 Å². The maximum absolute atomic E-state index is 14.1. The average molecular weight is 546 g/mol. The number of alkyl halides is 3. The number of amides is 1. The minimum Gasteiger partial charge on any atom is -0.481 e. The predicted molar refractivity (Wildman–Crippen MR) is 121 cm³/mol. The first kappa shape index (κ1) is 27.2. The summed E-state index contributed by atoms with van der Waals surface area (Å²) in [6.07, 6.45) is -7.55. The number of methoxy groups -OCH3 is 1. The number of carboxylic acid groups (broad SMARTS) is 1. The van der Waals surface area contributed by atoms with Gasteiger partial charge in [0.2, 0.25) is 5.91 Å². The van der Waals surface area contributed by atoms with Gasteiger partial charge in [-0.2, -0.15) is 18.4 Å². The number of nitriles is 1. The van der Waals surface area contributed by atoms with E-state index in [2.05, 4.69) is 0 Å². The maximum atomic E-state index is 14.1. The van der Waals surface area contributed by atoms with Crippen LogP contribution in [0.1, 0.15) is 24.8 Å². The summed E-state index contributed by atoms with van der Waals surface area (Å²) in [5, 5.41) is 18.1. The molecule has 4 rings (SSSR count). The topological polar surface area (TPSA) is 160 Å². The third-order valence-electron chi connectivity index (χ3n) is 7.91. The fourth-order valence-corrected chi connectivity index (χ4v) is 7.87. The standard InChI is InChI=1S/C23H26F3N3O7S/c1-35-18-9-14(10-22(18,20(31)32)17-11-21(17,12-27)19(28)30)37(33,34)16-3-2-13(8-15(16)23(24,25)26)29-4-6-36-7-5-29/h2-3,8,14,17-18H,4-7,9-11H2,1H3,(H2,28,30)(H,31,32)/t14-,17?,18+,21?,22+/m0/s1. The van der Waals surface area contributed by atoms with Crippen LogP contribution in [0.15, 0.2) is 23.1 Å². The molecule has 1 amide bonds. The molecule has 202 valence electrons. The van der Waals surface area contributed by atoms with E-state index < -0.39 is 79.3 Å². The van der Waals surface area contributed by atoms with Gasteiger partial charge in [-0.25, -0.2) is 8.42 Å². The minimum absolute atomic E-state index is 0.189. The van der Waals surface area contributed by atoms with Crippen LogP contribution in [0.25, 0.3) is 0 Å². The SMILES string of the molecule is CO[C@@H]1C[C@H](S(=O)(=O)c2ccc(N3CCOCC3)cc2C(F)(F)F)C[C@@]1(C(=O)O)C1CC1(C#N)C(N)=O. The highest BCUT2D eigenvalue weighted by molar-refractivity contribution is 7.92. The molecule has 10 nitrogen and oxygen atoms in total. The zero-order valence-electron chi connectivity index (χ0n) is 19.8. The minimum atomic E-state index is -5.01. The lowest BCUT2D eigenvalue weighted by atomic mass is 9.75. The molecule has 2 unspecified atom stereocenters. The smallest absolute Gasteiger partial charge is 0.417 e. The number of nitrogens with zero attached hydrogens (tertiary/aromatic N) is 2. The van der Waals surface area contributed by atoms with Crippen LogP contribution in [0.2, 0.25) is 0 Å². The molecule has 3 N–H and O–H groups in total. The van der Waals surface area contributed by atoms with Gasteiger partial charge in [-0.05, 0) is 37.5 Å². The van der Waals surface area contributed by atoms with Crippen LogP contribution >= 0.6 is 0 Å². The lowest BCUT2D eigenvalue weighted by molar-refractivity contribution is -0.159. The highest BCUT2D eigenvalue weighted by Gasteiger charge is 2.75. The van der Waals surface area contributed by atoms with Crippen LogP contribution in [0, 0.1) is 28.1 Å². The highest BCUT2D eigenvalue weighted by Crippen LogP contribution is 2.66. The molecule has 1 aromatic carbocycles. The summed E-state index contributed by atoms with van der Waals surface area (Å²) >= 11 is 0. The van der Waals surface area contributed by atoms with Crippen LogP contribution < -0.4 is 10.6 Å². The normalized spacial score (nSPS) is 32.1. The second kappa shape index (κ2) is 9.14. The van der Waals surface area contributed by atoms with Crippen molar-refractivity contribution in [3.63, 3.8) is 0 Å². The van der Waals surface area contributed by atoms with Gasteiger partial charge < -0.3 is 25.2 Å². The van der Waals surface area contributed by atoms with Gasteiger partial charge in [0.15, 0.2) is 9.84 Å². The van der Waals surface area contributed by atoms with Gasteiger partial charge in [0.25, 0.3) is 0 Å². The number of nitrogens with two attached hydrogens (primary N) is 1. The molecule has 14 heteroatoms. The number of morpholine rings is 1. The average Bonchev–Trinajstić information content (AvgIpc) is 3.48. The van der Waals surface area contributed by atoms with Crippen molar-refractivity contribution in [1.29, 1.82) is 5.26 Å². The number of ether oxygens (including phenoxy) is 2. The van der Waals surface area contributed by atoms with Crippen molar-refractivity contribution in [2.45, 2.75) is 41.7 Å². The van der Waals surface area contributed by atoms with E-state index in [1.807, 2.05) is 0 Å². The number of carbonyl (C=O) groups is 2. The number of carboxylic acids is 1. The number of halogens is 3. The Morgan fingerprint density at radius 2 is 1.92 bits per heavy atom. The van der Waals surface area contributed by atoms with Gasteiger partial charge in [-0.3, -0.25) is 9.59 Å². The molecule has 2 saturated carbocycles. The summed E-state index contributed by atoms with van der Waals surface area (Å²) in [6.45, 7) is 1.31. The van der Waals surface area contributed by atoms with Gasteiger partial charge in [-0.1, -0.05) is 0 Å². The number of rotatable bonds is 7. The number of carbonyl (C=O) groups excluding carboxylic acids is 1. The van der Waals surface area contributed by atoms with E-state index in [1.165, 1.54) is 6.07 Å². The molecule has 1 heterocycles. The van der Waals surface area contributed by atoms with Crippen LogP contribution in [-0.2, 0) is 35.1 Å². The van der Waals surface area contributed by atoms with E-state index in [9.17, 15) is 41.5 Å². The molecule has 1 aromatic rings. The molecule has 0 bridgehead atoms. The van der Waals surface area contributed by atoms with Crippen molar-refractivity contribution in [2.75, 3.05) is 38.3 Å². The summed E-state index contributed by atoms with van der Waals surface area (Å²) in [5.74, 6) is -3.69. The van der Waals surface area contributed by atoms with E-state index in [0.717, 1.165) is 19.2 Å². The van der Waals surface area contributed by atoms with Crippen LogP contribution in [0.5, 0.6) is 0 Å². The van der Waals surface area contributed by atoms with Crippen molar-refractivity contribution in [1.82, 2.24) is 0 Å². The van der Waals surface area contributed by atoms with E-state index >= 15 is 0 Å². The summed E-state index contributed by atoms with van der Waals surface area (Å²) in [6, 6.07) is 4.71. The Bertz CT molecular complexity index is 1260. The van der Waals surface area contributed by atoms with Crippen molar-refractivity contribution in [3.05, 3.63) is 23.8 Å². The Morgan fingerprint density at radius 1 is 1.27 bits per heavy atom. The van der Waals surface area contributed by atoms with E-state index in [4.69, 9.17) is 15.2 Å². The lowest BCUT2D eigenvalue weighted by Gasteiger charge is -2.31. The summed E-state index contributed by atoms with van der Waals surface area (Å²) in [7, 11) is -3.57. The van der Waals surface area contributed by atoms with Gasteiger partial charge in [0, 0.05) is 31.8 Å². The molecule has 3 fully saturated rings. The zero-order chi connectivity index (χ0) is 27.4. The number of benzene rings is 1. The maximum Gasteiger partial charge on any atom is 0.417 e. The molecule has 1 aliphatic heterocycles. The molecule has 37 heavy (non-hydrogen) atoms. The number of anilines is 1. The Morgan fingerprint density at radius 3 is 2.41 bits per heavy atom. The second-order valence-corrected chi connectivity index (χ2v) is 11.9. The fourth-order valence-electron chi connectivity index (χ4n) is 5.85. The fraction of sp³-hybridized carbons (Fsp3) is 0.609. The summed E-state index contributed by atoms with van der Waals surface area (Å²) in [5.41, 5.74) is 0.376. The zero-order valence-corrected chi connectivity index (χ0v) is 20.6. The molecule has 0 radical (unpaired) electrons. The lowest BCUT2D eigenvalue weighted by Crippen LogP contribution is -2.44. The third kappa shape index (κ3) is 4.22. The van der Waals surface area contributed by atoms with E-state index in [0.29, 0.717) is 26.3 Å². The number of aliphatic carboxylic acids is 1. The van der Waals surface area contributed by atoms with Crippen molar-refractivity contribution in [2.24, 2.45) is 22.5 Å². The van der Waals surface area contributed by atoms with Crippen molar-refractivity contribution < 1.29 is 45.8 Å². The molecule has 1 saturated heterocycles. The highest BCUT2D eigenvalue weighted by atomic mass is 32.2. The summed E-state index contributed by atoms with van der Waals surface area (Å²) in [4.78, 5) is 25.2. The Hall–Kier alpha value is -2.89.